The van der Waals surface area contributed by atoms with Crippen LogP contribution in [-0.2, 0) is 4.79 Å². The number of hydrogen-bond acceptors (Lipinski definition) is 5. The van der Waals surface area contributed by atoms with E-state index >= 15 is 0 Å². The number of carbonyl (C=O) groups excluding carboxylic acids is 1. The molecule has 0 radical (unpaired) electrons. The Morgan fingerprint density at radius 1 is 1.07 bits per heavy atom. The van der Waals surface area contributed by atoms with Crippen LogP contribution in [0.1, 0.15) is 25.5 Å². The van der Waals surface area contributed by atoms with Crippen LogP contribution in [0.2, 0.25) is 0 Å². The molecule has 1 aromatic carbocycles. The van der Waals surface area contributed by atoms with Crippen molar-refractivity contribution in [3.05, 3.63) is 54.4 Å². The van der Waals surface area contributed by atoms with E-state index in [4.69, 9.17) is 9.47 Å². The van der Waals surface area contributed by atoms with Crippen molar-refractivity contribution in [1.82, 2.24) is 14.8 Å². The Morgan fingerprint density at radius 2 is 1.78 bits per heavy atom. The summed E-state index contributed by atoms with van der Waals surface area (Å²) in [7, 11) is 0. The van der Waals surface area contributed by atoms with Gasteiger partial charge in [0.1, 0.15) is 0 Å². The molecular formula is C21H27N3O3. The monoisotopic (exact) mass is 369 g/mol. The number of benzene rings is 1. The van der Waals surface area contributed by atoms with E-state index in [1.165, 1.54) is 5.56 Å². The van der Waals surface area contributed by atoms with Crippen LogP contribution in [0.3, 0.4) is 0 Å². The normalized spacial score (nSPS) is 16.0. The molecular weight excluding hydrogens is 342 g/mol. The first-order chi connectivity index (χ1) is 13.2. The summed E-state index contributed by atoms with van der Waals surface area (Å²) < 4.78 is 11.2. The summed E-state index contributed by atoms with van der Waals surface area (Å²) in [6.07, 6.45) is 3.70. The van der Waals surface area contributed by atoms with Crippen molar-refractivity contribution in [3.8, 4) is 11.5 Å². The van der Waals surface area contributed by atoms with Crippen LogP contribution in [0.15, 0.2) is 48.8 Å². The lowest BCUT2D eigenvalue weighted by Crippen LogP contribution is -2.50. The highest BCUT2D eigenvalue weighted by Gasteiger charge is 2.25. The molecule has 1 amide bonds. The quantitative estimate of drug-likeness (QED) is 0.751. The predicted molar refractivity (Wildman–Crippen MR) is 104 cm³/mol. The van der Waals surface area contributed by atoms with Crippen LogP contribution in [0.25, 0.3) is 0 Å². The minimum absolute atomic E-state index is 0.00924. The number of rotatable bonds is 7. The van der Waals surface area contributed by atoms with Crippen LogP contribution in [0, 0.1) is 0 Å². The van der Waals surface area contributed by atoms with Crippen LogP contribution < -0.4 is 9.47 Å². The summed E-state index contributed by atoms with van der Waals surface area (Å²) in [5.74, 6) is 1.29. The molecule has 2 aromatic rings. The van der Waals surface area contributed by atoms with E-state index in [0.717, 1.165) is 13.1 Å². The molecule has 0 aliphatic carbocycles. The molecule has 0 saturated carbocycles. The van der Waals surface area contributed by atoms with Gasteiger partial charge in [-0.15, -0.1) is 0 Å². The molecule has 3 rings (SSSR count). The van der Waals surface area contributed by atoms with Gasteiger partial charge < -0.3 is 14.4 Å². The Morgan fingerprint density at radius 3 is 2.41 bits per heavy atom. The zero-order valence-electron chi connectivity index (χ0n) is 16.0. The van der Waals surface area contributed by atoms with Crippen LogP contribution in [0.5, 0.6) is 11.5 Å². The molecule has 1 unspecified atom stereocenters. The van der Waals surface area contributed by atoms with Gasteiger partial charge >= 0.3 is 0 Å². The largest absolute Gasteiger partial charge is 0.490 e. The Kier molecular flexibility index (Phi) is 6.65. The molecule has 6 nitrogen and oxygen atoms in total. The molecule has 0 spiro atoms. The molecule has 0 N–H and O–H groups in total. The third kappa shape index (κ3) is 4.98. The average molecular weight is 369 g/mol. The van der Waals surface area contributed by atoms with E-state index in [9.17, 15) is 4.79 Å². The number of aromatic nitrogens is 1. The minimum Gasteiger partial charge on any atom is -0.490 e. The minimum atomic E-state index is 0.00924. The number of pyridine rings is 1. The summed E-state index contributed by atoms with van der Waals surface area (Å²) in [5, 5.41) is 0. The predicted octanol–water partition coefficient (Wildman–Crippen LogP) is 2.76. The summed E-state index contributed by atoms with van der Waals surface area (Å²) in [4.78, 5) is 21.0. The topological polar surface area (TPSA) is 54.9 Å². The molecule has 27 heavy (non-hydrogen) atoms. The van der Waals surface area contributed by atoms with Gasteiger partial charge in [-0.25, -0.2) is 0 Å². The first-order valence-electron chi connectivity index (χ1n) is 9.45. The fraction of sp³-hybridized carbons (Fsp3) is 0.429. The first kappa shape index (κ1) is 19.2. The fourth-order valence-corrected chi connectivity index (χ4v) is 3.27. The zero-order chi connectivity index (χ0) is 19.1. The molecule has 1 fully saturated rings. The second-order valence-electron chi connectivity index (χ2n) is 6.55. The number of para-hydroxylation sites is 2. The second kappa shape index (κ2) is 9.37. The fourth-order valence-electron chi connectivity index (χ4n) is 3.27. The highest BCUT2D eigenvalue weighted by molar-refractivity contribution is 5.78. The maximum Gasteiger partial charge on any atom is 0.260 e. The van der Waals surface area contributed by atoms with Crippen molar-refractivity contribution >= 4 is 5.91 Å². The first-order valence-corrected chi connectivity index (χ1v) is 9.45. The maximum atomic E-state index is 12.5. The standard InChI is InChI=1S/C21H27N3O3/c1-3-26-19-8-4-5-9-20(19)27-16-21(25)24-13-11-23(12-14-24)17(2)18-7-6-10-22-15-18/h4-10,15,17H,3,11-14,16H2,1-2H3. The molecule has 0 bridgehead atoms. The van der Waals surface area contributed by atoms with Gasteiger partial charge in [-0.1, -0.05) is 18.2 Å². The lowest BCUT2D eigenvalue weighted by atomic mass is 10.1. The number of carbonyl (C=O) groups is 1. The number of nitrogens with zero attached hydrogens (tertiary/aromatic N) is 3. The molecule has 1 atom stereocenters. The SMILES string of the molecule is CCOc1ccccc1OCC(=O)N1CCN(C(C)c2cccnc2)CC1. The Labute approximate surface area is 160 Å². The van der Waals surface area contributed by atoms with Gasteiger partial charge in [-0.2, -0.15) is 0 Å². The second-order valence-corrected chi connectivity index (χ2v) is 6.55. The summed E-state index contributed by atoms with van der Waals surface area (Å²) >= 11 is 0. The van der Waals surface area contributed by atoms with Gasteiger partial charge in [0.15, 0.2) is 18.1 Å². The van der Waals surface area contributed by atoms with Crippen molar-refractivity contribution in [3.63, 3.8) is 0 Å². The van der Waals surface area contributed by atoms with Crippen molar-refractivity contribution in [1.29, 1.82) is 0 Å². The molecule has 144 valence electrons. The number of hydrogen-bond donors (Lipinski definition) is 0. The van der Waals surface area contributed by atoms with Gasteiger partial charge in [0.2, 0.25) is 0 Å². The number of piperazine rings is 1. The zero-order valence-corrected chi connectivity index (χ0v) is 16.0. The Hall–Kier alpha value is -2.60. The van der Waals surface area contributed by atoms with Gasteiger partial charge in [-0.3, -0.25) is 14.7 Å². The van der Waals surface area contributed by atoms with Crippen LogP contribution in [0.4, 0.5) is 0 Å². The van der Waals surface area contributed by atoms with Gasteiger partial charge in [-0.05, 0) is 37.6 Å². The smallest absolute Gasteiger partial charge is 0.260 e. The number of ether oxygens (including phenoxy) is 2. The molecule has 1 aromatic heterocycles. The van der Waals surface area contributed by atoms with Crippen LogP contribution in [-0.4, -0.2) is 60.1 Å². The van der Waals surface area contributed by atoms with Gasteiger partial charge in [0.05, 0.1) is 6.61 Å². The van der Waals surface area contributed by atoms with E-state index in [2.05, 4.69) is 22.9 Å². The number of amides is 1. The summed E-state index contributed by atoms with van der Waals surface area (Å²) in [5.41, 5.74) is 1.20. The third-order valence-corrected chi connectivity index (χ3v) is 4.88. The molecule has 6 heteroatoms. The van der Waals surface area contributed by atoms with Crippen molar-refractivity contribution in [2.75, 3.05) is 39.4 Å². The average Bonchev–Trinajstić information content (AvgIpc) is 2.73. The summed E-state index contributed by atoms with van der Waals surface area (Å²) in [6.45, 7) is 7.80. The van der Waals surface area contributed by atoms with Gasteiger partial charge in [0, 0.05) is 44.6 Å². The van der Waals surface area contributed by atoms with E-state index in [0.29, 0.717) is 37.2 Å². The highest BCUT2D eigenvalue weighted by Crippen LogP contribution is 2.26. The summed E-state index contributed by atoms with van der Waals surface area (Å²) in [6, 6.07) is 11.8. The van der Waals surface area contributed by atoms with E-state index in [1.54, 1.807) is 6.20 Å². The lowest BCUT2D eigenvalue weighted by molar-refractivity contribution is -0.135. The van der Waals surface area contributed by atoms with Crippen LogP contribution >= 0.6 is 0 Å². The van der Waals surface area contributed by atoms with Crippen molar-refractivity contribution < 1.29 is 14.3 Å². The molecule has 1 aliphatic rings. The maximum absolute atomic E-state index is 12.5. The Bertz CT molecular complexity index is 730. The molecule has 1 aliphatic heterocycles. The molecule has 1 saturated heterocycles. The Balaban J connectivity index is 1.49. The van der Waals surface area contributed by atoms with Gasteiger partial charge in [0.25, 0.3) is 5.91 Å². The van der Waals surface area contributed by atoms with Crippen molar-refractivity contribution in [2.45, 2.75) is 19.9 Å². The highest BCUT2D eigenvalue weighted by atomic mass is 16.5. The third-order valence-electron chi connectivity index (χ3n) is 4.88. The van der Waals surface area contributed by atoms with E-state index in [1.807, 2.05) is 48.4 Å². The molecule has 2 heterocycles. The van der Waals surface area contributed by atoms with Crippen molar-refractivity contribution in [2.24, 2.45) is 0 Å². The van der Waals surface area contributed by atoms with E-state index < -0.39 is 0 Å². The lowest BCUT2D eigenvalue weighted by Gasteiger charge is -2.38. The van der Waals surface area contributed by atoms with E-state index in [-0.39, 0.29) is 12.5 Å².